The van der Waals surface area contributed by atoms with Crippen molar-refractivity contribution < 1.29 is 4.79 Å². The molecule has 0 saturated heterocycles. The second-order valence-corrected chi connectivity index (χ2v) is 5.30. The third kappa shape index (κ3) is 3.85. The number of aromatic amines is 1. The molecule has 0 amide bonds. The number of H-pyrrole nitrogens is 1. The van der Waals surface area contributed by atoms with Crippen LogP contribution in [0.15, 0.2) is 36.7 Å². The van der Waals surface area contributed by atoms with Crippen LogP contribution in [-0.2, 0) is 4.79 Å². The Kier molecular flexibility index (Phi) is 4.61. The summed E-state index contributed by atoms with van der Waals surface area (Å²) in [5.74, 6) is 6.51. The van der Waals surface area contributed by atoms with Crippen LogP contribution >= 0.6 is 24.0 Å². The highest BCUT2D eigenvalue weighted by atomic mass is 32.2. The molecule has 1 aromatic carbocycles. The lowest BCUT2D eigenvalue weighted by molar-refractivity contribution is -0.109. The fraction of sp³-hybridized carbons (Fsp3) is 0.143. The first kappa shape index (κ1) is 13.7. The summed E-state index contributed by atoms with van der Waals surface area (Å²) in [5, 5.41) is 0.0893. The predicted molar refractivity (Wildman–Crippen MR) is 81.0 cm³/mol. The standard InChI is InChI=1S/C14H12N2OS2/c1-11(17)19-10-2-3-12-4-6-13(7-5-12)16-9-8-15-14(16)18/h4-9H,10H2,1H3,(H,15,18). The van der Waals surface area contributed by atoms with Gasteiger partial charge in [0.2, 0.25) is 0 Å². The van der Waals surface area contributed by atoms with Crippen molar-refractivity contribution in [2.45, 2.75) is 6.92 Å². The van der Waals surface area contributed by atoms with Gasteiger partial charge in [-0.2, -0.15) is 0 Å². The summed E-state index contributed by atoms with van der Waals surface area (Å²) in [5.41, 5.74) is 1.92. The fourth-order valence-corrected chi connectivity index (χ4v) is 2.09. The van der Waals surface area contributed by atoms with Gasteiger partial charge in [0.1, 0.15) is 0 Å². The molecule has 1 heterocycles. The van der Waals surface area contributed by atoms with E-state index in [0.29, 0.717) is 10.5 Å². The average Bonchev–Trinajstić information content (AvgIpc) is 2.81. The summed E-state index contributed by atoms with van der Waals surface area (Å²) < 4.78 is 2.55. The zero-order chi connectivity index (χ0) is 13.7. The number of thioether (sulfide) groups is 1. The molecule has 0 unspecified atom stereocenters. The normalized spacial score (nSPS) is 9.74. The van der Waals surface area contributed by atoms with Gasteiger partial charge in [-0.05, 0) is 36.5 Å². The molecule has 2 rings (SSSR count). The molecule has 0 spiro atoms. The van der Waals surface area contributed by atoms with Crippen molar-refractivity contribution in [3.63, 3.8) is 0 Å². The van der Waals surface area contributed by atoms with Gasteiger partial charge in [-0.1, -0.05) is 23.6 Å². The van der Waals surface area contributed by atoms with E-state index >= 15 is 0 Å². The van der Waals surface area contributed by atoms with Gasteiger partial charge in [0, 0.05) is 30.6 Å². The maximum absolute atomic E-state index is 10.7. The first-order valence-electron chi connectivity index (χ1n) is 5.65. The number of carbonyl (C=O) groups is 1. The Bertz CT molecular complexity index is 686. The van der Waals surface area contributed by atoms with Crippen LogP contribution in [-0.4, -0.2) is 20.4 Å². The molecule has 0 aliphatic heterocycles. The molecule has 1 N–H and O–H groups in total. The smallest absolute Gasteiger partial charge is 0.186 e. The topological polar surface area (TPSA) is 37.8 Å². The summed E-state index contributed by atoms with van der Waals surface area (Å²) in [7, 11) is 0. The lowest BCUT2D eigenvalue weighted by Gasteiger charge is -2.01. The highest BCUT2D eigenvalue weighted by Gasteiger charge is 1.96. The van der Waals surface area contributed by atoms with E-state index in [1.165, 1.54) is 11.8 Å². The second kappa shape index (κ2) is 6.41. The minimum absolute atomic E-state index is 0.0893. The van der Waals surface area contributed by atoms with Gasteiger partial charge in [-0.3, -0.25) is 9.36 Å². The van der Waals surface area contributed by atoms with E-state index in [0.717, 1.165) is 11.3 Å². The fourth-order valence-electron chi connectivity index (χ4n) is 1.50. The lowest BCUT2D eigenvalue weighted by Crippen LogP contribution is -1.91. The van der Waals surface area contributed by atoms with E-state index in [9.17, 15) is 4.79 Å². The molecule has 0 fully saturated rings. The van der Waals surface area contributed by atoms with Crippen LogP contribution in [0.4, 0.5) is 0 Å². The van der Waals surface area contributed by atoms with Crippen LogP contribution in [0.3, 0.4) is 0 Å². The van der Waals surface area contributed by atoms with Crippen molar-refractivity contribution in [3.05, 3.63) is 47.0 Å². The Balaban J connectivity index is 2.09. The maximum Gasteiger partial charge on any atom is 0.186 e. The van der Waals surface area contributed by atoms with E-state index in [-0.39, 0.29) is 5.12 Å². The Morgan fingerprint density at radius 2 is 2.16 bits per heavy atom. The van der Waals surface area contributed by atoms with Gasteiger partial charge in [-0.25, -0.2) is 0 Å². The number of hydrogen-bond acceptors (Lipinski definition) is 3. The molecule has 0 radical (unpaired) electrons. The molecule has 1 aromatic heterocycles. The van der Waals surface area contributed by atoms with Gasteiger partial charge in [0.15, 0.2) is 9.89 Å². The summed E-state index contributed by atoms with van der Waals surface area (Å²) >= 11 is 6.37. The number of benzene rings is 1. The van der Waals surface area contributed by atoms with Crippen LogP contribution < -0.4 is 0 Å². The van der Waals surface area contributed by atoms with Gasteiger partial charge in [0.05, 0.1) is 5.75 Å². The van der Waals surface area contributed by atoms with E-state index < -0.39 is 0 Å². The number of nitrogens with one attached hydrogen (secondary N) is 1. The predicted octanol–water partition coefficient (Wildman–Crippen LogP) is 3.17. The van der Waals surface area contributed by atoms with Crippen molar-refractivity contribution in [2.75, 3.05) is 5.75 Å². The molecule has 5 heteroatoms. The summed E-state index contributed by atoms with van der Waals surface area (Å²) in [6.45, 7) is 1.54. The Hall–Kier alpha value is -1.77. The quantitative estimate of drug-likeness (QED) is 0.681. The third-order valence-corrected chi connectivity index (χ3v) is 3.38. The van der Waals surface area contributed by atoms with E-state index in [1.807, 2.05) is 35.0 Å². The second-order valence-electron chi connectivity index (χ2n) is 3.76. The zero-order valence-electron chi connectivity index (χ0n) is 10.3. The average molecular weight is 288 g/mol. The highest BCUT2D eigenvalue weighted by Crippen LogP contribution is 2.09. The summed E-state index contributed by atoms with van der Waals surface area (Å²) in [4.78, 5) is 13.7. The van der Waals surface area contributed by atoms with Crippen molar-refractivity contribution in [1.29, 1.82) is 0 Å². The first-order valence-corrected chi connectivity index (χ1v) is 7.05. The zero-order valence-corrected chi connectivity index (χ0v) is 12.0. The monoisotopic (exact) mass is 288 g/mol. The van der Waals surface area contributed by atoms with Crippen LogP contribution in [0, 0.1) is 16.6 Å². The molecular weight excluding hydrogens is 276 g/mol. The first-order chi connectivity index (χ1) is 9.16. The number of hydrogen-bond donors (Lipinski definition) is 1. The molecule has 0 aliphatic rings. The lowest BCUT2D eigenvalue weighted by atomic mass is 10.2. The van der Waals surface area contributed by atoms with Gasteiger partial charge in [-0.15, -0.1) is 0 Å². The molecule has 0 aliphatic carbocycles. The maximum atomic E-state index is 10.7. The largest absolute Gasteiger partial charge is 0.337 e. The molecular formula is C14H12N2OS2. The van der Waals surface area contributed by atoms with Crippen molar-refractivity contribution in [3.8, 4) is 17.5 Å². The number of nitrogens with zero attached hydrogens (tertiary/aromatic N) is 1. The van der Waals surface area contributed by atoms with Crippen molar-refractivity contribution >= 4 is 29.1 Å². The Labute approximate surface area is 121 Å². The van der Waals surface area contributed by atoms with Gasteiger partial charge >= 0.3 is 0 Å². The Morgan fingerprint density at radius 3 is 2.74 bits per heavy atom. The Morgan fingerprint density at radius 1 is 1.42 bits per heavy atom. The molecule has 19 heavy (non-hydrogen) atoms. The van der Waals surface area contributed by atoms with Crippen LogP contribution in [0.5, 0.6) is 0 Å². The molecule has 0 saturated carbocycles. The SMILES string of the molecule is CC(=O)SCC#Cc1ccc(-n2cc[nH]c2=S)cc1. The number of carbonyl (C=O) groups excluding carboxylic acids is 1. The highest BCUT2D eigenvalue weighted by molar-refractivity contribution is 8.13. The van der Waals surface area contributed by atoms with Crippen molar-refractivity contribution in [2.24, 2.45) is 0 Å². The molecule has 3 nitrogen and oxygen atoms in total. The van der Waals surface area contributed by atoms with Gasteiger partial charge in [0.25, 0.3) is 0 Å². The minimum atomic E-state index is 0.0893. The van der Waals surface area contributed by atoms with Crippen LogP contribution in [0.2, 0.25) is 0 Å². The number of imidazole rings is 1. The molecule has 0 atom stereocenters. The van der Waals surface area contributed by atoms with Crippen LogP contribution in [0.25, 0.3) is 5.69 Å². The van der Waals surface area contributed by atoms with E-state index in [4.69, 9.17) is 12.2 Å². The van der Waals surface area contributed by atoms with Crippen molar-refractivity contribution in [1.82, 2.24) is 9.55 Å². The number of rotatable bonds is 2. The molecule has 96 valence electrons. The van der Waals surface area contributed by atoms with E-state index in [1.54, 1.807) is 13.1 Å². The van der Waals surface area contributed by atoms with Gasteiger partial charge < -0.3 is 4.98 Å². The summed E-state index contributed by atoms with van der Waals surface area (Å²) in [6, 6.07) is 7.81. The molecule has 2 aromatic rings. The molecule has 0 bridgehead atoms. The van der Waals surface area contributed by atoms with E-state index in [2.05, 4.69) is 16.8 Å². The summed E-state index contributed by atoms with van der Waals surface area (Å²) in [6.07, 6.45) is 3.68. The number of aromatic nitrogens is 2. The third-order valence-electron chi connectivity index (χ3n) is 2.38. The minimum Gasteiger partial charge on any atom is -0.337 e. The van der Waals surface area contributed by atoms with Crippen LogP contribution in [0.1, 0.15) is 12.5 Å².